The molecule has 0 radical (unpaired) electrons. The number of benzene rings is 1. The van der Waals surface area contributed by atoms with Gasteiger partial charge in [0, 0.05) is 29.0 Å². The van der Waals surface area contributed by atoms with Crippen molar-refractivity contribution < 1.29 is 4.74 Å². The van der Waals surface area contributed by atoms with Gasteiger partial charge in [-0.3, -0.25) is 0 Å². The minimum atomic E-state index is 0.0236. The van der Waals surface area contributed by atoms with Crippen molar-refractivity contribution in [2.75, 3.05) is 17.7 Å². The van der Waals surface area contributed by atoms with E-state index in [4.69, 9.17) is 10.5 Å². The Morgan fingerprint density at radius 3 is 2.50 bits per heavy atom. The molecule has 0 heterocycles. The van der Waals surface area contributed by atoms with E-state index in [2.05, 4.69) is 33.0 Å². The molecule has 3 N–H and O–H groups in total. The zero-order chi connectivity index (χ0) is 12.2. The summed E-state index contributed by atoms with van der Waals surface area (Å²) in [4.78, 5) is 0. The summed E-state index contributed by atoms with van der Waals surface area (Å²) in [7, 11) is 0. The van der Waals surface area contributed by atoms with Crippen LogP contribution in [0.2, 0.25) is 0 Å². The molecule has 0 aliphatic rings. The number of rotatable bonds is 4. The lowest BCUT2D eigenvalue weighted by molar-refractivity contribution is 0.317. The normalized spacial score (nSPS) is 11.2. The van der Waals surface area contributed by atoms with Crippen molar-refractivity contribution in [3.8, 4) is 5.75 Å². The third-order valence-corrected chi connectivity index (χ3v) is 1.92. The molecule has 0 spiro atoms. The van der Waals surface area contributed by atoms with Crippen LogP contribution in [-0.4, -0.2) is 12.1 Å². The second-order valence-corrected chi connectivity index (χ2v) is 5.01. The van der Waals surface area contributed by atoms with E-state index in [1.54, 1.807) is 0 Å². The van der Waals surface area contributed by atoms with Crippen LogP contribution in [0.1, 0.15) is 34.1 Å². The first-order valence-electron chi connectivity index (χ1n) is 5.72. The van der Waals surface area contributed by atoms with Gasteiger partial charge in [0.25, 0.3) is 0 Å². The molecule has 0 saturated carbocycles. The summed E-state index contributed by atoms with van der Waals surface area (Å²) >= 11 is 0. The highest BCUT2D eigenvalue weighted by atomic mass is 16.5. The minimum absolute atomic E-state index is 0.0236. The van der Waals surface area contributed by atoms with Gasteiger partial charge in [-0.15, -0.1) is 0 Å². The molecule has 1 aromatic carbocycles. The molecular weight excluding hydrogens is 200 g/mol. The molecule has 0 bridgehead atoms. The van der Waals surface area contributed by atoms with Gasteiger partial charge in [-0.05, 0) is 33.3 Å². The van der Waals surface area contributed by atoms with Crippen LogP contribution in [0.15, 0.2) is 18.2 Å². The molecule has 1 aromatic rings. The largest absolute Gasteiger partial charge is 0.493 e. The molecule has 0 atom stereocenters. The molecule has 3 heteroatoms. The lowest BCUT2D eigenvalue weighted by Gasteiger charge is -2.22. The van der Waals surface area contributed by atoms with Crippen molar-refractivity contribution in [1.29, 1.82) is 0 Å². The topological polar surface area (TPSA) is 47.3 Å². The first kappa shape index (κ1) is 12.7. The zero-order valence-corrected chi connectivity index (χ0v) is 10.6. The fourth-order valence-electron chi connectivity index (χ4n) is 1.43. The smallest absolute Gasteiger partial charge is 0.123 e. The second-order valence-electron chi connectivity index (χ2n) is 5.01. The maximum Gasteiger partial charge on any atom is 0.123 e. The van der Waals surface area contributed by atoms with Gasteiger partial charge >= 0.3 is 0 Å². The number of hydrogen-bond acceptors (Lipinski definition) is 3. The summed E-state index contributed by atoms with van der Waals surface area (Å²) in [6.07, 6.45) is 0.997. The Kier molecular flexibility index (Phi) is 4.05. The van der Waals surface area contributed by atoms with Crippen molar-refractivity contribution in [2.45, 2.75) is 39.7 Å². The van der Waals surface area contributed by atoms with Crippen LogP contribution < -0.4 is 15.8 Å². The summed E-state index contributed by atoms with van der Waals surface area (Å²) in [6.45, 7) is 9.15. The van der Waals surface area contributed by atoms with E-state index in [0.717, 1.165) is 30.2 Å². The van der Waals surface area contributed by atoms with Gasteiger partial charge in [-0.1, -0.05) is 6.92 Å². The van der Waals surface area contributed by atoms with Gasteiger partial charge in [0.15, 0.2) is 0 Å². The molecule has 0 fully saturated rings. The fourth-order valence-corrected chi connectivity index (χ4v) is 1.43. The number of nitrogens with two attached hydrogens (primary N) is 1. The van der Waals surface area contributed by atoms with Gasteiger partial charge in [-0.2, -0.15) is 0 Å². The molecule has 0 unspecified atom stereocenters. The molecule has 3 nitrogen and oxygen atoms in total. The Morgan fingerprint density at radius 1 is 1.25 bits per heavy atom. The predicted molar refractivity (Wildman–Crippen MR) is 70.0 cm³/mol. The lowest BCUT2D eigenvalue weighted by atomic mass is 10.1. The van der Waals surface area contributed by atoms with Gasteiger partial charge in [-0.25, -0.2) is 0 Å². The summed E-state index contributed by atoms with van der Waals surface area (Å²) in [6, 6.07) is 5.75. The van der Waals surface area contributed by atoms with Gasteiger partial charge in [0.1, 0.15) is 5.75 Å². The van der Waals surface area contributed by atoms with Crippen LogP contribution in [0.4, 0.5) is 11.4 Å². The van der Waals surface area contributed by atoms with E-state index in [1.807, 2.05) is 18.2 Å². The van der Waals surface area contributed by atoms with Crippen LogP contribution in [0.25, 0.3) is 0 Å². The van der Waals surface area contributed by atoms with Crippen LogP contribution in [0.3, 0.4) is 0 Å². The van der Waals surface area contributed by atoms with Gasteiger partial charge < -0.3 is 15.8 Å². The molecule has 90 valence electrons. The molecule has 0 aliphatic carbocycles. The molecule has 0 aliphatic heterocycles. The number of hydrogen-bond donors (Lipinski definition) is 2. The van der Waals surface area contributed by atoms with Crippen molar-refractivity contribution in [3.63, 3.8) is 0 Å². The third-order valence-electron chi connectivity index (χ3n) is 1.92. The number of nitrogens with one attached hydrogen (secondary N) is 1. The summed E-state index contributed by atoms with van der Waals surface area (Å²) in [5, 5.41) is 3.38. The Bertz CT molecular complexity index is 342. The maximum absolute atomic E-state index is 5.83. The van der Waals surface area contributed by atoms with Crippen LogP contribution in [0.5, 0.6) is 5.75 Å². The maximum atomic E-state index is 5.83. The number of ether oxygens (including phenoxy) is 1. The number of anilines is 2. The third kappa shape index (κ3) is 4.43. The van der Waals surface area contributed by atoms with Crippen LogP contribution >= 0.6 is 0 Å². The van der Waals surface area contributed by atoms with Crippen molar-refractivity contribution in [2.24, 2.45) is 0 Å². The average Bonchev–Trinajstić information content (AvgIpc) is 2.10. The summed E-state index contributed by atoms with van der Waals surface area (Å²) < 4.78 is 5.57. The lowest BCUT2D eigenvalue weighted by Crippen LogP contribution is -2.26. The number of nitrogen functional groups attached to an aromatic ring is 1. The molecule has 1 rings (SSSR count). The molecular formula is C13H22N2O. The van der Waals surface area contributed by atoms with E-state index in [0.29, 0.717) is 0 Å². The average molecular weight is 222 g/mol. The highest BCUT2D eigenvalue weighted by Gasteiger charge is 2.10. The summed E-state index contributed by atoms with van der Waals surface area (Å²) in [5.41, 5.74) is 7.57. The highest BCUT2D eigenvalue weighted by Crippen LogP contribution is 2.24. The van der Waals surface area contributed by atoms with Crippen molar-refractivity contribution in [3.05, 3.63) is 18.2 Å². The van der Waals surface area contributed by atoms with E-state index in [9.17, 15) is 0 Å². The second kappa shape index (κ2) is 5.10. The Labute approximate surface area is 98.0 Å². The van der Waals surface area contributed by atoms with Crippen LogP contribution in [0, 0.1) is 0 Å². The quantitative estimate of drug-likeness (QED) is 0.769. The Morgan fingerprint density at radius 2 is 1.94 bits per heavy atom. The fraction of sp³-hybridized carbons (Fsp3) is 0.538. The van der Waals surface area contributed by atoms with E-state index < -0.39 is 0 Å². The first-order chi connectivity index (χ1) is 7.40. The monoisotopic (exact) mass is 222 g/mol. The minimum Gasteiger partial charge on any atom is -0.493 e. The molecule has 0 saturated heterocycles. The van der Waals surface area contributed by atoms with Gasteiger partial charge in [0.05, 0.1) is 6.61 Å². The molecule has 0 amide bonds. The molecule has 0 aromatic heterocycles. The van der Waals surface area contributed by atoms with Crippen molar-refractivity contribution in [1.82, 2.24) is 0 Å². The van der Waals surface area contributed by atoms with Gasteiger partial charge in [0.2, 0.25) is 0 Å². The van der Waals surface area contributed by atoms with E-state index >= 15 is 0 Å². The Balaban J connectivity index is 2.81. The summed E-state index contributed by atoms with van der Waals surface area (Å²) in [5.74, 6) is 0.827. The highest BCUT2D eigenvalue weighted by molar-refractivity contribution is 5.59. The first-order valence-corrected chi connectivity index (χ1v) is 5.72. The standard InChI is InChI=1S/C13H22N2O/c1-5-6-16-12-8-10(14)7-11(9-12)15-13(2,3)4/h7-9,15H,5-6,14H2,1-4H3. The SMILES string of the molecule is CCCOc1cc(N)cc(NC(C)(C)C)c1. The Hall–Kier alpha value is -1.38. The molecule has 16 heavy (non-hydrogen) atoms. The van der Waals surface area contributed by atoms with Crippen LogP contribution in [-0.2, 0) is 0 Å². The van der Waals surface area contributed by atoms with E-state index in [-0.39, 0.29) is 5.54 Å². The van der Waals surface area contributed by atoms with E-state index in [1.165, 1.54) is 0 Å². The predicted octanol–water partition coefficient (Wildman–Crippen LogP) is 3.27. The zero-order valence-electron chi connectivity index (χ0n) is 10.6. The van der Waals surface area contributed by atoms with Crippen molar-refractivity contribution >= 4 is 11.4 Å².